The highest BCUT2D eigenvalue weighted by Crippen LogP contribution is 2.43. The van der Waals surface area contributed by atoms with Crippen LogP contribution in [0.3, 0.4) is 0 Å². The molecule has 1 N–H and O–H groups in total. The summed E-state index contributed by atoms with van der Waals surface area (Å²) in [6.07, 6.45) is 97.8. The van der Waals surface area contributed by atoms with Crippen LogP contribution in [0.5, 0.6) is 0 Å². The van der Waals surface area contributed by atoms with Crippen LogP contribution in [0.1, 0.15) is 450 Å². The largest absolute Gasteiger partial charge is 0.472 e. The maximum atomic E-state index is 12.9. The van der Waals surface area contributed by atoms with Crippen LogP contribution in [0.15, 0.2) is 24.3 Å². The van der Waals surface area contributed by atoms with Crippen molar-refractivity contribution < 1.29 is 42.1 Å². The van der Waals surface area contributed by atoms with Crippen molar-refractivity contribution in [2.75, 3.05) is 47.5 Å². The number of allylic oxidation sites excluding steroid dienone is 4. The van der Waals surface area contributed by atoms with E-state index in [0.29, 0.717) is 17.4 Å². The highest BCUT2D eigenvalue weighted by atomic mass is 31.2. The lowest BCUT2D eigenvalue weighted by molar-refractivity contribution is -0.870. The van der Waals surface area contributed by atoms with Crippen LogP contribution in [-0.4, -0.2) is 74.9 Å². The summed E-state index contributed by atoms with van der Waals surface area (Å²) in [6, 6.07) is 0. The zero-order valence-electron chi connectivity index (χ0n) is 64.0. The van der Waals surface area contributed by atoms with Gasteiger partial charge in [-0.25, -0.2) is 4.57 Å². The van der Waals surface area contributed by atoms with E-state index in [1.165, 1.54) is 379 Å². The molecule has 0 aromatic rings. The van der Waals surface area contributed by atoms with Crippen LogP contribution >= 0.6 is 7.82 Å². The van der Waals surface area contributed by atoms with Crippen molar-refractivity contribution in [3.8, 4) is 0 Å². The number of unbranched alkanes of at least 4 members (excludes halogenated alkanes) is 62. The van der Waals surface area contributed by atoms with Crippen molar-refractivity contribution in [3.63, 3.8) is 0 Å². The lowest BCUT2D eigenvalue weighted by Crippen LogP contribution is -2.37. The van der Waals surface area contributed by atoms with Gasteiger partial charge in [-0.3, -0.25) is 18.6 Å². The molecule has 0 aliphatic heterocycles. The van der Waals surface area contributed by atoms with Crippen molar-refractivity contribution in [3.05, 3.63) is 24.3 Å². The molecule has 0 amide bonds. The van der Waals surface area contributed by atoms with Crippen LogP contribution in [0, 0.1) is 0 Å². The van der Waals surface area contributed by atoms with Crippen molar-refractivity contribution >= 4 is 19.8 Å². The highest BCUT2D eigenvalue weighted by molar-refractivity contribution is 7.47. The maximum absolute atomic E-state index is 12.9. The van der Waals surface area contributed by atoms with E-state index in [1.807, 2.05) is 21.1 Å². The predicted octanol–water partition coefficient (Wildman–Crippen LogP) is 28.0. The first-order valence-corrected chi connectivity index (χ1v) is 43.6. The Morgan fingerprint density at radius 1 is 0.330 bits per heavy atom. The minimum atomic E-state index is -4.39. The number of likely N-dealkylation sites (N-methyl/N-ethyl adjacent to an activating group) is 1. The molecule has 558 valence electrons. The first-order chi connectivity index (χ1) is 46.0. The lowest BCUT2D eigenvalue weighted by atomic mass is 10.0. The maximum Gasteiger partial charge on any atom is 0.472 e. The standard InChI is InChI=1S/C84H164NO8P/c1-6-8-10-12-14-16-18-20-22-24-26-28-30-32-34-36-38-39-40-41-42-43-44-45-47-49-51-53-55-57-59-61-63-65-67-69-71-73-75-77-84(87)93-82(81-92-94(88,89)91-79-78-85(3,4)5)80-90-83(86)76-74-72-70-68-66-64-62-60-58-56-54-52-50-48-46-37-35-33-31-29-27-25-23-21-19-17-15-13-11-9-7-2/h18,20,24,26,82H,6-17,19,21-23,25,27-81H2,1-5H3/p+1/b20-18-,26-24-. The van der Waals surface area contributed by atoms with Gasteiger partial charge in [0.2, 0.25) is 0 Å². The van der Waals surface area contributed by atoms with Gasteiger partial charge >= 0.3 is 19.8 Å². The number of rotatable bonds is 80. The van der Waals surface area contributed by atoms with Crippen LogP contribution in [0.4, 0.5) is 0 Å². The summed E-state index contributed by atoms with van der Waals surface area (Å²) in [5.74, 6) is -0.766. The Hall–Kier alpha value is -1.51. The van der Waals surface area contributed by atoms with Crippen molar-refractivity contribution in [1.29, 1.82) is 0 Å². The number of hydrogen-bond acceptors (Lipinski definition) is 7. The van der Waals surface area contributed by atoms with Gasteiger partial charge in [-0.2, -0.15) is 0 Å². The number of carbonyl (C=O) groups excluding carboxylic acids is 2. The van der Waals surface area contributed by atoms with E-state index >= 15 is 0 Å². The zero-order chi connectivity index (χ0) is 68.3. The molecule has 0 spiro atoms. The summed E-state index contributed by atoms with van der Waals surface area (Å²) in [5, 5.41) is 0. The van der Waals surface area contributed by atoms with Gasteiger partial charge in [-0.1, -0.05) is 417 Å². The number of ether oxygens (including phenoxy) is 2. The van der Waals surface area contributed by atoms with E-state index < -0.39 is 26.5 Å². The van der Waals surface area contributed by atoms with E-state index in [9.17, 15) is 19.0 Å². The van der Waals surface area contributed by atoms with Gasteiger partial charge in [-0.05, 0) is 44.9 Å². The second kappa shape index (κ2) is 75.7. The summed E-state index contributed by atoms with van der Waals surface area (Å²) in [4.78, 5) is 36.0. The third-order valence-electron chi connectivity index (χ3n) is 19.5. The number of phosphoric acid groups is 1. The van der Waals surface area contributed by atoms with E-state index in [2.05, 4.69) is 38.2 Å². The van der Waals surface area contributed by atoms with Gasteiger partial charge in [-0.15, -0.1) is 0 Å². The number of esters is 2. The summed E-state index contributed by atoms with van der Waals surface area (Å²) in [5.41, 5.74) is 0. The molecule has 0 rings (SSSR count). The number of hydrogen-bond donors (Lipinski definition) is 1. The second-order valence-electron chi connectivity index (χ2n) is 30.2. The first kappa shape index (κ1) is 92.5. The van der Waals surface area contributed by atoms with Crippen LogP contribution in [-0.2, 0) is 32.7 Å². The normalized spacial score (nSPS) is 13.0. The van der Waals surface area contributed by atoms with E-state index in [4.69, 9.17) is 18.5 Å². The summed E-state index contributed by atoms with van der Waals surface area (Å²) in [6.45, 7) is 4.52. The third kappa shape index (κ3) is 79.5. The Morgan fingerprint density at radius 3 is 0.840 bits per heavy atom. The van der Waals surface area contributed by atoms with Crippen molar-refractivity contribution in [2.24, 2.45) is 0 Å². The van der Waals surface area contributed by atoms with Gasteiger partial charge in [0, 0.05) is 12.8 Å². The lowest BCUT2D eigenvalue weighted by Gasteiger charge is -2.24. The van der Waals surface area contributed by atoms with Crippen LogP contribution in [0.2, 0.25) is 0 Å². The number of quaternary nitrogens is 1. The number of phosphoric ester groups is 1. The SMILES string of the molecule is CCCCCCC/C=C\C/C=C\CCCCCCCCCCCCCCCCCCCCCCCCCCCCCC(=O)OC(COC(=O)CCCCCCCCCCCCCCCCCCCCCCCCCCCCCCCCC)COP(=O)(O)OCC[N+](C)(C)C. The van der Waals surface area contributed by atoms with Crippen molar-refractivity contribution in [2.45, 2.75) is 457 Å². The Bertz CT molecular complexity index is 1630. The average Bonchev–Trinajstić information content (AvgIpc) is 1.56. The number of nitrogens with zero attached hydrogens (tertiary/aromatic N) is 1. The Kier molecular flexibility index (Phi) is 74.5. The van der Waals surface area contributed by atoms with Crippen LogP contribution in [0.25, 0.3) is 0 Å². The van der Waals surface area contributed by atoms with Gasteiger partial charge in [0.25, 0.3) is 0 Å². The van der Waals surface area contributed by atoms with Crippen molar-refractivity contribution in [1.82, 2.24) is 0 Å². The fourth-order valence-electron chi connectivity index (χ4n) is 13.1. The molecule has 0 aliphatic carbocycles. The van der Waals surface area contributed by atoms with Gasteiger partial charge in [0.1, 0.15) is 19.8 Å². The van der Waals surface area contributed by atoms with Gasteiger partial charge < -0.3 is 18.9 Å². The fourth-order valence-corrected chi connectivity index (χ4v) is 13.8. The topological polar surface area (TPSA) is 108 Å². The van der Waals surface area contributed by atoms with E-state index in [-0.39, 0.29) is 25.6 Å². The average molecular weight is 1350 g/mol. The molecule has 94 heavy (non-hydrogen) atoms. The predicted molar refractivity (Wildman–Crippen MR) is 409 cm³/mol. The molecule has 0 bridgehead atoms. The highest BCUT2D eigenvalue weighted by Gasteiger charge is 2.27. The van der Waals surface area contributed by atoms with E-state index in [0.717, 1.165) is 44.9 Å². The Morgan fingerprint density at radius 2 is 0.574 bits per heavy atom. The molecule has 0 saturated carbocycles. The number of carbonyl (C=O) groups is 2. The van der Waals surface area contributed by atoms with Crippen LogP contribution < -0.4 is 0 Å². The van der Waals surface area contributed by atoms with Gasteiger partial charge in [0.15, 0.2) is 6.10 Å². The third-order valence-corrected chi connectivity index (χ3v) is 20.5. The molecule has 0 aromatic carbocycles. The fraction of sp³-hybridized carbons (Fsp3) is 0.929. The molecule has 0 saturated heterocycles. The summed E-state index contributed by atoms with van der Waals surface area (Å²) >= 11 is 0. The Labute approximate surface area is 587 Å². The summed E-state index contributed by atoms with van der Waals surface area (Å²) < 4.78 is 34.9. The molecule has 2 atom stereocenters. The minimum absolute atomic E-state index is 0.0367. The molecule has 0 heterocycles. The second-order valence-corrected chi connectivity index (χ2v) is 31.7. The summed E-state index contributed by atoms with van der Waals surface area (Å²) in [7, 11) is 1.51. The quantitative estimate of drug-likeness (QED) is 0.0211. The first-order valence-electron chi connectivity index (χ1n) is 42.1. The van der Waals surface area contributed by atoms with Gasteiger partial charge in [0.05, 0.1) is 27.7 Å². The minimum Gasteiger partial charge on any atom is -0.462 e. The molecule has 2 unspecified atom stereocenters. The van der Waals surface area contributed by atoms with E-state index in [1.54, 1.807) is 0 Å². The smallest absolute Gasteiger partial charge is 0.462 e. The zero-order valence-corrected chi connectivity index (χ0v) is 64.9. The molecule has 10 heteroatoms. The molecule has 0 aromatic heterocycles. The molecule has 0 radical (unpaired) electrons. The molecular weight excluding hydrogens is 1180 g/mol. The molecule has 0 fully saturated rings. The molecule has 0 aliphatic rings. The molecular formula is C84H165NO8P+. The molecule has 9 nitrogen and oxygen atoms in total. The Balaban J connectivity index is 3.86. The monoisotopic (exact) mass is 1350 g/mol.